The molecule has 1 fully saturated rings. The van der Waals surface area contributed by atoms with Gasteiger partial charge < -0.3 is 24.9 Å². The van der Waals surface area contributed by atoms with E-state index in [1.807, 2.05) is 0 Å². The lowest BCUT2D eigenvalue weighted by molar-refractivity contribution is -0.143. The Balaban J connectivity index is 1.30. The summed E-state index contributed by atoms with van der Waals surface area (Å²) in [5, 5.41) is 21.7. The van der Waals surface area contributed by atoms with Crippen LogP contribution in [0.4, 0.5) is 21.8 Å². The van der Waals surface area contributed by atoms with Crippen molar-refractivity contribution in [3.8, 4) is 5.88 Å². The Hall–Kier alpha value is -3.73. The van der Waals surface area contributed by atoms with Gasteiger partial charge in [0, 0.05) is 11.8 Å². The normalized spacial score (nSPS) is 17.9. The van der Waals surface area contributed by atoms with E-state index in [4.69, 9.17) is 25.9 Å². The number of carboxylic acids is 1. The standard InChI is InChI=1S/C21H19ClFN5O5/c22-15-7-3-12(9-16(15)23)26-21-28-27-19(33-21)18(29)25-13-4-8-17(24-10-13)32-14-5-1-11(2-6-14)20(30)31/h3-4,7-11,14H,1-2,5-6H2,(H,25,29)(H,26,28)(H,30,31). The number of carboxylic acid groups (broad SMARTS) is 1. The Morgan fingerprint density at radius 2 is 1.88 bits per heavy atom. The average molecular weight is 476 g/mol. The van der Waals surface area contributed by atoms with E-state index >= 15 is 0 Å². The summed E-state index contributed by atoms with van der Waals surface area (Å²) in [7, 11) is 0. The van der Waals surface area contributed by atoms with Gasteiger partial charge in [-0.05, 0) is 49.9 Å². The van der Waals surface area contributed by atoms with E-state index in [0.29, 0.717) is 42.9 Å². The smallest absolute Gasteiger partial charge is 0.320 e. The van der Waals surface area contributed by atoms with Crippen LogP contribution in [0.1, 0.15) is 36.4 Å². The van der Waals surface area contributed by atoms with Gasteiger partial charge in [0.2, 0.25) is 5.88 Å². The molecule has 33 heavy (non-hydrogen) atoms. The monoisotopic (exact) mass is 475 g/mol. The van der Waals surface area contributed by atoms with Crippen molar-refractivity contribution in [3.63, 3.8) is 0 Å². The van der Waals surface area contributed by atoms with Crippen LogP contribution in [-0.4, -0.2) is 38.3 Å². The maximum absolute atomic E-state index is 13.5. The molecular weight excluding hydrogens is 457 g/mol. The number of aliphatic carboxylic acids is 1. The number of hydrogen-bond acceptors (Lipinski definition) is 8. The lowest BCUT2D eigenvalue weighted by Crippen LogP contribution is -2.28. The minimum Gasteiger partial charge on any atom is -0.481 e. The second-order valence-corrected chi connectivity index (χ2v) is 7.84. The molecule has 4 rings (SSSR count). The van der Waals surface area contributed by atoms with Crippen molar-refractivity contribution in [1.82, 2.24) is 15.2 Å². The third kappa shape index (κ3) is 5.75. The molecule has 1 aliphatic carbocycles. The molecule has 1 saturated carbocycles. The number of pyridine rings is 1. The van der Waals surface area contributed by atoms with E-state index < -0.39 is 17.7 Å². The molecule has 0 radical (unpaired) electrons. The first kappa shape index (κ1) is 22.5. The number of rotatable bonds is 7. The first-order valence-corrected chi connectivity index (χ1v) is 10.5. The van der Waals surface area contributed by atoms with Crippen molar-refractivity contribution < 1.29 is 28.2 Å². The lowest BCUT2D eigenvalue weighted by Gasteiger charge is -2.26. The summed E-state index contributed by atoms with van der Waals surface area (Å²) in [6.45, 7) is 0. The summed E-state index contributed by atoms with van der Waals surface area (Å²) >= 11 is 5.64. The number of halogens is 2. The molecule has 2 heterocycles. The molecule has 0 atom stereocenters. The van der Waals surface area contributed by atoms with Crippen LogP contribution in [0.5, 0.6) is 5.88 Å². The summed E-state index contributed by atoms with van der Waals surface area (Å²) < 4.78 is 24.6. The molecule has 1 aliphatic rings. The van der Waals surface area contributed by atoms with Crippen molar-refractivity contribution in [2.75, 3.05) is 10.6 Å². The molecule has 0 saturated heterocycles. The van der Waals surface area contributed by atoms with Gasteiger partial charge in [-0.1, -0.05) is 16.7 Å². The van der Waals surface area contributed by atoms with Crippen LogP contribution >= 0.6 is 11.6 Å². The third-order valence-corrected chi connectivity index (χ3v) is 5.40. The lowest BCUT2D eigenvalue weighted by atomic mass is 9.87. The minimum atomic E-state index is -0.769. The number of benzene rings is 1. The van der Waals surface area contributed by atoms with Gasteiger partial charge in [0.25, 0.3) is 0 Å². The summed E-state index contributed by atoms with van der Waals surface area (Å²) in [4.78, 5) is 27.5. The van der Waals surface area contributed by atoms with Crippen LogP contribution < -0.4 is 15.4 Å². The van der Waals surface area contributed by atoms with Gasteiger partial charge in [0.15, 0.2) is 0 Å². The molecule has 10 nitrogen and oxygen atoms in total. The largest absolute Gasteiger partial charge is 0.481 e. The Labute approximate surface area is 192 Å². The number of carbonyl (C=O) groups excluding carboxylic acids is 1. The summed E-state index contributed by atoms with van der Waals surface area (Å²) in [6, 6.07) is 7.15. The maximum Gasteiger partial charge on any atom is 0.320 e. The summed E-state index contributed by atoms with van der Waals surface area (Å²) in [5.41, 5.74) is 0.707. The van der Waals surface area contributed by atoms with Gasteiger partial charge in [-0.25, -0.2) is 9.37 Å². The zero-order valence-corrected chi connectivity index (χ0v) is 17.9. The van der Waals surface area contributed by atoms with Crippen LogP contribution in [0.25, 0.3) is 0 Å². The topological polar surface area (TPSA) is 139 Å². The number of nitrogens with zero attached hydrogens (tertiary/aromatic N) is 3. The molecule has 1 aromatic carbocycles. The van der Waals surface area contributed by atoms with Gasteiger partial charge in [-0.15, -0.1) is 5.10 Å². The van der Waals surface area contributed by atoms with E-state index in [9.17, 15) is 14.0 Å². The molecule has 12 heteroatoms. The van der Waals surface area contributed by atoms with E-state index in [1.54, 1.807) is 12.1 Å². The first-order chi connectivity index (χ1) is 15.9. The van der Waals surface area contributed by atoms with Gasteiger partial charge in [0.1, 0.15) is 11.9 Å². The number of anilines is 3. The van der Waals surface area contributed by atoms with Gasteiger partial charge >= 0.3 is 23.8 Å². The Morgan fingerprint density at radius 1 is 1.12 bits per heavy atom. The van der Waals surface area contributed by atoms with Crippen LogP contribution in [0.15, 0.2) is 40.9 Å². The van der Waals surface area contributed by atoms with E-state index in [0.717, 1.165) is 6.07 Å². The maximum atomic E-state index is 13.5. The average Bonchev–Trinajstić information content (AvgIpc) is 3.27. The molecular formula is C21H19ClFN5O5. The first-order valence-electron chi connectivity index (χ1n) is 10.1. The molecule has 2 aromatic heterocycles. The van der Waals surface area contributed by atoms with E-state index in [2.05, 4.69) is 25.8 Å². The van der Waals surface area contributed by atoms with Crippen LogP contribution in [0.3, 0.4) is 0 Å². The van der Waals surface area contributed by atoms with Gasteiger partial charge in [-0.3, -0.25) is 9.59 Å². The molecule has 1 amide bonds. The van der Waals surface area contributed by atoms with E-state index in [-0.39, 0.29) is 28.9 Å². The number of ether oxygens (including phenoxy) is 1. The second-order valence-electron chi connectivity index (χ2n) is 7.44. The predicted octanol–water partition coefficient (Wildman–Crippen LogP) is 4.28. The highest BCUT2D eigenvalue weighted by atomic mass is 35.5. The number of nitrogens with one attached hydrogen (secondary N) is 2. The van der Waals surface area contributed by atoms with Crippen LogP contribution in [0, 0.1) is 11.7 Å². The fourth-order valence-corrected chi connectivity index (χ4v) is 3.49. The molecule has 0 aliphatic heterocycles. The fourth-order valence-electron chi connectivity index (χ4n) is 3.37. The fraction of sp³-hybridized carbons (Fsp3) is 0.286. The quantitative estimate of drug-likeness (QED) is 0.456. The Kier molecular flexibility index (Phi) is 6.68. The summed E-state index contributed by atoms with van der Waals surface area (Å²) in [5.74, 6) is -2.28. The van der Waals surface area contributed by atoms with Gasteiger partial charge in [-0.2, -0.15) is 0 Å². The van der Waals surface area contributed by atoms with Crippen molar-refractivity contribution in [1.29, 1.82) is 0 Å². The number of hydrogen-bond donors (Lipinski definition) is 3. The molecule has 0 spiro atoms. The highest BCUT2D eigenvalue weighted by Gasteiger charge is 2.27. The van der Waals surface area contributed by atoms with E-state index in [1.165, 1.54) is 18.3 Å². The predicted molar refractivity (Wildman–Crippen MR) is 115 cm³/mol. The number of carbonyl (C=O) groups is 2. The zero-order chi connectivity index (χ0) is 23.4. The Bertz CT molecular complexity index is 1150. The van der Waals surface area contributed by atoms with Crippen LogP contribution in [0.2, 0.25) is 5.02 Å². The molecule has 0 unspecified atom stereocenters. The molecule has 0 bridgehead atoms. The molecule has 3 aromatic rings. The third-order valence-electron chi connectivity index (χ3n) is 5.10. The highest BCUT2D eigenvalue weighted by Crippen LogP contribution is 2.27. The zero-order valence-electron chi connectivity index (χ0n) is 17.1. The second kappa shape index (κ2) is 9.82. The van der Waals surface area contributed by atoms with Gasteiger partial charge in [0.05, 0.1) is 22.8 Å². The minimum absolute atomic E-state index is 0.0262. The number of amides is 1. The summed E-state index contributed by atoms with van der Waals surface area (Å²) in [6.07, 6.45) is 3.76. The molecule has 172 valence electrons. The SMILES string of the molecule is O=C(Nc1ccc(OC2CCC(C(=O)O)CC2)nc1)c1nnc(Nc2ccc(Cl)c(F)c2)o1. The number of aromatic nitrogens is 3. The van der Waals surface area contributed by atoms with Crippen LogP contribution in [-0.2, 0) is 4.79 Å². The van der Waals surface area contributed by atoms with Crippen molar-refractivity contribution in [3.05, 3.63) is 53.3 Å². The molecule has 3 N–H and O–H groups in total. The van der Waals surface area contributed by atoms with Crippen molar-refractivity contribution >= 4 is 40.9 Å². The highest BCUT2D eigenvalue weighted by molar-refractivity contribution is 6.30. The van der Waals surface area contributed by atoms with Crippen molar-refractivity contribution in [2.45, 2.75) is 31.8 Å². The van der Waals surface area contributed by atoms with Crippen molar-refractivity contribution in [2.24, 2.45) is 5.92 Å². The Morgan fingerprint density at radius 3 is 2.55 bits per heavy atom.